The molecule has 3 heteroatoms. The number of anilines is 1. The Kier molecular flexibility index (Phi) is 3.98. The van der Waals surface area contributed by atoms with Crippen LogP contribution in [0.1, 0.15) is 19.4 Å². The van der Waals surface area contributed by atoms with Crippen LogP contribution in [0.5, 0.6) is 5.75 Å². The zero-order valence-corrected chi connectivity index (χ0v) is 16.3. The minimum atomic E-state index is 0.236. The summed E-state index contributed by atoms with van der Waals surface area (Å²) in [6, 6.07) is 21.4. The monoisotopic (exact) mass is 371 g/mol. The lowest BCUT2D eigenvalue weighted by Crippen LogP contribution is -2.28. The number of hydrogen-bond acceptors (Lipinski definition) is 3. The molecule has 0 saturated heterocycles. The van der Waals surface area contributed by atoms with Crippen molar-refractivity contribution in [2.24, 2.45) is 0 Å². The van der Waals surface area contributed by atoms with Crippen molar-refractivity contribution in [1.82, 2.24) is 0 Å². The van der Waals surface area contributed by atoms with E-state index in [-0.39, 0.29) is 5.37 Å². The number of likely N-dealkylation sites (N-methyl/N-ethyl adjacent to an activating group) is 1. The second-order valence-corrected chi connectivity index (χ2v) is 8.05. The SMILES string of the molecule is CCN1c2ccc3ccccc3c2SC1C=C1C=C(C)c2ccccc2O1. The van der Waals surface area contributed by atoms with Crippen LogP contribution in [-0.2, 0) is 0 Å². The number of allylic oxidation sites excluding steroid dienone is 2. The van der Waals surface area contributed by atoms with Gasteiger partial charge in [0.2, 0.25) is 0 Å². The van der Waals surface area contributed by atoms with Crippen molar-refractivity contribution >= 4 is 33.8 Å². The highest BCUT2D eigenvalue weighted by atomic mass is 32.2. The van der Waals surface area contributed by atoms with E-state index in [4.69, 9.17) is 4.74 Å². The lowest BCUT2D eigenvalue weighted by molar-refractivity contribution is 0.436. The van der Waals surface area contributed by atoms with E-state index in [1.165, 1.54) is 32.5 Å². The fourth-order valence-corrected chi connectivity index (χ4v) is 5.38. The number of ether oxygens (including phenoxy) is 1. The molecule has 0 bridgehead atoms. The van der Waals surface area contributed by atoms with Gasteiger partial charge in [0.05, 0.1) is 5.69 Å². The Morgan fingerprint density at radius 3 is 2.74 bits per heavy atom. The summed E-state index contributed by atoms with van der Waals surface area (Å²) in [5, 5.41) is 2.87. The van der Waals surface area contributed by atoms with Crippen LogP contribution in [-0.4, -0.2) is 11.9 Å². The van der Waals surface area contributed by atoms with E-state index in [0.717, 1.165) is 18.1 Å². The van der Waals surface area contributed by atoms with Gasteiger partial charge in [0.25, 0.3) is 0 Å². The van der Waals surface area contributed by atoms with Crippen molar-refractivity contribution in [1.29, 1.82) is 0 Å². The zero-order chi connectivity index (χ0) is 18.4. The molecule has 1 unspecified atom stereocenters. The number of rotatable bonds is 2. The molecular weight excluding hydrogens is 350 g/mol. The second kappa shape index (κ2) is 6.50. The van der Waals surface area contributed by atoms with E-state index >= 15 is 0 Å². The number of fused-ring (bicyclic) bond motifs is 4. The molecule has 0 radical (unpaired) electrons. The van der Waals surface area contributed by atoms with E-state index in [1.54, 1.807) is 0 Å². The van der Waals surface area contributed by atoms with Gasteiger partial charge in [-0.2, -0.15) is 0 Å². The summed E-state index contributed by atoms with van der Waals surface area (Å²) in [5.41, 5.74) is 3.74. The van der Waals surface area contributed by atoms with Crippen molar-refractivity contribution < 1.29 is 4.74 Å². The molecule has 0 aliphatic carbocycles. The van der Waals surface area contributed by atoms with Crippen LogP contribution in [0.2, 0.25) is 0 Å². The van der Waals surface area contributed by atoms with Crippen molar-refractivity contribution in [3.8, 4) is 5.75 Å². The molecule has 27 heavy (non-hydrogen) atoms. The molecule has 134 valence electrons. The topological polar surface area (TPSA) is 12.5 Å². The normalized spacial score (nSPS) is 19.6. The van der Waals surface area contributed by atoms with Gasteiger partial charge in [-0.15, -0.1) is 0 Å². The molecule has 3 aromatic rings. The molecule has 1 atom stereocenters. The van der Waals surface area contributed by atoms with E-state index in [2.05, 4.69) is 79.4 Å². The van der Waals surface area contributed by atoms with Gasteiger partial charge in [-0.25, -0.2) is 0 Å². The van der Waals surface area contributed by atoms with Crippen LogP contribution >= 0.6 is 11.8 Å². The Morgan fingerprint density at radius 1 is 1.04 bits per heavy atom. The highest BCUT2D eigenvalue weighted by Gasteiger charge is 2.30. The quantitative estimate of drug-likeness (QED) is 0.512. The molecule has 5 rings (SSSR count). The van der Waals surface area contributed by atoms with Gasteiger partial charge in [0.1, 0.15) is 16.9 Å². The number of benzene rings is 3. The molecule has 0 aromatic heterocycles. The molecule has 0 spiro atoms. The zero-order valence-electron chi connectivity index (χ0n) is 15.5. The summed E-state index contributed by atoms with van der Waals surface area (Å²) in [6.45, 7) is 5.33. The minimum absolute atomic E-state index is 0.236. The maximum Gasteiger partial charge on any atom is 0.134 e. The van der Waals surface area contributed by atoms with E-state index in [9.17, 15) is 0 Å². The van der Waals surface area contributed by atoms with Crippen molar-refractivity contribution in [2.45, 2.75) is 24.1 Å². The van der Waals surface area contributed by atoms with E-state index in [0.29, 0.717) is 0 Å². The molecule has 3 aromatic carbocycles. The van der Waals surface area contributed by atoms with E-state index < -0.39 is 0 Å². The molecule has 0 fully saturated rings. The van der Waals surface area contributed by atoms with Crippen LogP contribution in [0.15, 0.2) is 83.5 Å². The van der Waals surface area contributed by atoms with E-state index in [1.807, 2.05) is 23.9 Å². The summed E-state index contributed by atoms with van der Waals surface area (Å²) in [7, 11) is 0. The van der Waals surface area contributed by atoms with Gasteiger partial charge >= 0.3 is 0 Å². The summed E-state index contributed by atoms with van der Waals surface area (Å²) in [4.78, 5) is 3.82. The Bertz CT molecular complexity index is 1100. The summed E-state index contributed by atoms with van der Waals surface area (Å²) < 4.78 is 6.19. The fourth-order valence-electron chi connectivity index (χ4n) is 3.93. The average molecular weight is 372 g/mol. The molecule has 0 amide bonds. The van der Waals surface area contributed by atoms with Crippen LogP contribution < -0.4 is 9.64 Å². The lowest BCUT2D eigenvalue weighted by atomic mass is 10.0. The first-order chi connectivity index (χ1) is 13.2. The molecule has 2 heterocycles. The Hall–Kier alpha value is -2.65. The van der Waals surface area contributed by atoms with Gasteiger partial charge in [0, 0.05) is 17.0 Å². The number of nitrogens with zero attached hydrogens (tertiary/aromatic N) is 1. The minimum Gasteiger partial charge on any atom is -0.457 e. The summed E-state index contributed by atoms with van der Waals surface area (Å²) in [5.74, 6) is 1.87. The fraction of sp³-hybridized carbons (Fsp3) is 0.167. The largest absolute Gasteiger partial charge is 0.457 e. The highest BCUT2D eigenvalue weighted by Crippen LogP contribution is 2.48. The first-order valence-electron chi connectivity index (χ1n) is 9.37. The predicted octanol–water partition coefficient (Wildman–Crippen LogP) is 6.48. The van der Waals surface area contributed by atoms with Gasteiger partial charge < -0.3 is 9.64 Å². The molecule has 0 N–H and O–H groups in total. The standard InChI is InChI=1S/C24H21NOS/c1-3-25-21-13-12-17-8-4-5-10-20(17)24(21)27-23(25)15-18-14-16(2)19-9-6-7-11-22(19)26-18/h4-15,23H,3H2,1-2H3. The first kappa shape index (κ1) is 16.5. The number of para-hydroxylation sites is 1. The lowest BCUT2D eigenvalue weighted by Gasteiger charge is -2.24. The van der Waals surface area contributed by atoms with Gasteiger partial charge in [0.15, 0.2) is 0 Å². The van der Waals surface area contributed by atoms with Crippen molar-refractivity contribution in [3.05, 3.63) is 84.1 Å². The van der Waals surface area contributed by atoms with Crippen molar-refractivity contribution in [3.63, 3.8) is 0 Å². The molecule has 2 nitrogen and oxygen atoms in total. The number of thioether (sulfide) groups is 1. The third-order valence-corrected chi connectivity index (χ3v) is 6.56. The van der Waals surface area contributed by atoms with Crippen LogP contribution in [0, 0.1) is 0 Å². The van der Waals surface area contributed by atoms with Crippen LogP contribution in [0.4, 0.5) is 5.69 Å². The molecule has 2 aliphatic rings. The second-order valence-electron chi connectivity index (χ2n) is 6.92. The van der Waals surface area contributed by atoms with Crippen molar-refractivity contribution in [2.75, 3.05) is 11.4 Å². The molecule has 2 aliphatic heterocycles. The third-order valence-electron chi connectivity index (χ3n) is 5.26. The Balaban J connectivity index is 1.54. The molecular formula is C24H21NOS. The first-order valence-corrected chi connectivity index (χ1v) is 10.2. The van der Waals surface area contributed by atoms with Crippen LogP contribution in [0.25, 0.3) is 16.3 Å². The van der Waals surface area contributed by atoms with Crippen LogP contribution in [0.3, 0.4) is 0 Å². The smallest absolute Gasteiger partial charge is 0.134 e. The summed E-state index contributed by atoms with van der Waals surface area (Å²) in [6.07, 6.45) is 4.40. The third kappa shape index (κ3) is 2.74. The average Bonchev–Trinajstić information content (AvgIpc) is 3.05. The highest BCUT2D eigenvalue weighted by molar-refractivity contribution is 8.00. The van der Waals surface area contributed by atoms with Gasteiger partial charge in [-0.3, -0.25) is 0 Å². The maximum atomic E-state index is 6.19. The summed E-state index contributed by atoms with van der Waals surface area (Å²) >= 11 is 1.91. The Labute approximate surface area is 164 Å². The predicted molar refractivity (Wildman–Crippen MR) is 115 cm³/mol. The number of hydrogen-bond donors (Lipinski definition) is 0. The Morgan fingerprint density at radius 2 is 1.85 bits per heavy atom. The molecule has 0 saturated carbocycles. The van der Waals surface area contributed by atoms with Gasteiger partial charge in [-0.1, -0.05) is 60.3 Å². The van der Waals surface area contributed by atoms with Gasteiger partial charge in [-0.05, 0) is 54.5 Å². The maximum absolute atomic E-state index is 6.19.